The highest BCUT2D eigenvalue weighted by Gasteiger charge is 2.24. The van der Waals surface area contributed by atoms with Crippen molar-refractivity contribution in [3.05, 3.63) is 83.6 Å². The molecular weight excluding hydrogens is 366 g/mol. The zero-order valence-corrected chi connectivity index (χ0v) is 16.0. The molecule has 2 N–H and O–H groups in total. The number of hydrogen-bond donors (Lipinski definition) is 2. The summed E-state index contributed by atoms with van der Waals surface area (Å²) in [7, 11) is 0. The number of phenolic OH excluding ortho intramolecular Hbond substituents is 1. The molecule has 29 heavy (non-hydrogen) atoms. The van der Waals surface area contributed by atoms with Crippen molar-refractivity contribution >= 4 is 5.97 Å². The molecule has 4 aromatic rings. The van der Waals surface area contributed by atoms with Gasteiger partial charge in [-0.3, -0.25) is 0 Å². The average molecular weight is 385 g/mol. The standard InChI is InChI=1S/C24H19NO4/c1-14-11-19(12-15(2)22(14)26)17-9-6-10-18(13-17)20-21(24(27)28)25-29-23(20)16-7-4-3-5-8-16/h3-13,26H,1-2H3,(H,27,28). The Labute approximate surface area is 167 Å². The molecule has 0 aliphatic rings. The largest absolute Gasteiger partial charge is 0.507 e. The number of carboxylic acid groups (broad SMARTS) is 1. The summed E-state index contributed by atoms with van der Waals surface area (Å²) in [5, 5.41) is 23.5. The molecule has 0 atom stereocenters. The van der Waals surface area contributed by atoms with Gasteiger partial charge in [0.1, 0.15) is 5.75 Å². The van der Waals surface area contributed by atoms with Gasteiger partial charge in [0, 0.05) is 5.56 Å². The molecule has 0 aliphatic carbocycles. The Hall–Kier alpha value is -3.86. The summed E-state index contributed by atoms with van der Waals surface area (Å²) in [5.41, 5.74) is 5.18. The maximum absolute atomic E-state index is 11.8. The summed E-state index contributed by atoms with van der Waals surface area (Å²) in [6, 6.07) is 20.7. The van der Waals surface area contributed by atoms with Gasteiger partial charge in [-0.1, -0.05) is 53.7 Å². The molecule has 0 amide bonds. The van der Waals surface area contributed by atoms with Gasteiger partial charge in [0.15, 0.2) is 11.5 Å². The van der Waals surface area contributed by atoms with Gasteiger partial charge in [0.2, 0.25) is 0 Å². The molecule has 5 nitrogen and oxygen atoms in total. The highest BCUT2D eigenvalue weighted by atomic mass is 16.5. The minimum atomic E-state index is -1.15. The summed E-state index contributed by atoms with van der Waals surface area (Å²) < 4.78 is 5.43. The van der Waals surface area contributed by atoms with Crippen molar-refractivity contribution in [3.8, 4) is 39.3 Å². The second-order valence-corrected chi connectivity index (χ2v) is 6.95. The third-order valence-electron chi connectivity index (χ3n) is 4.91. The fraction of sp³-hybridized carbons (Fsp3) is 0.0833. The minimum absolute atomic E-state index is 0.126. The van der Waals surface area contributed by atoms with Gasteiger partial charge >= 0.3 is 5.97 Å². The van der Waals surface area contributed by atoms with E-state index in [2.05, 4.69) is 5.16 Å². The molecular formula is C24H19NO4. The predicted molar refractivity (Wildman–Crippen MR) is 111 cm³/mol. The van der Waals surface area contributed by atoms with Crippen LogP contribution in [0.4, 0.5) is 0 Å². The SMILES string of the molecule is Cc1cc(-c2cccc(-c3c(C(=O)O)noc3-c3ccccc3)c2)cc(C)c1O. The van der Waals surface area contributed by atoms with E-state index in [1.807, 2.05) is 80.6 Å². The Bertz CT molecular complexity index is 1190. The first-order chi connectivity index (χ1) is 14.0. The summed E-state index contributed by atoms with van der Waals surface area (Å²) in [6.07, 6.45) is 0. The van der Waals surface area contributed by atoms with Gasteiger partial charge in [0.05, 0.1) is 5.56 Å². The number of rotatable bonds is 4. The fourth-order valence-electron chi connectivity index (χ4n) is 3.47. The Morgan fingerprint density at radius 1 is 0.828 bits per heavy atom. The third-order valence-corrected chi connectivity index (χ3v) is 4.91. The number of nitrogens with zero attached hydrogens (tertiary/aromatic N) is 1. The van der Waals surface area contributed by atoms with Crippen LogP contribution in [0, 0.1) is 13.8 Å². The molecule has 5 heteroatoms. The second-order valence-electron chi connectivity index (χ2n) is 6.95. The highest BCUT2D eigenvalue weighted by molar-refractivity contribution is 5.98. The summed E-state index contributed by atoms with van der Waals surface area (Å²) >= 11 is 0. The fourth-order valence-corrected chi connectivity index (χ4v) is 3.47. The van der Waals surface area contributed by atoms with Gasteiger partial charge < -0.3 is 14.7 Å². The molecule has 1 heterocycles. The van der Waals surface area contributed by atoms with Crippen molar-refractivity contribution in [2.45, 2.75) is 13.8 Å². The van der Waals surface area contributed by atoms with Gasteiger partial charge in [-0.2, -0.15) is 0 Å². The van der Waals surface area contributed by atoms with Crippen molar-refractivity contribution < 1.29 is 19.5 Å². The van der Waals surface area contributed by atoms with Crippen LogP contribution < -0.4 is 0 Å². The number of hydrogen-bond acceptors (Lipinski definition) is 4. The Balaban J connectivity index is 1.90. The van der Waals surface area contributed by atoms with E-state index in [9.17, 15) is 15.0 Å². The lowest BCUT2D eigenvalue weighted by molar-refractivity contribution is 0.0686. The molecule has 0 unspecified atom stereocenters. The third kappa shape index (κ3) is 3.38. The van der Waals surface area contributed by atoms with Gasteiger partial charge in [-0.05, 0) is 59.9 Å². The number of aromatic nitrogens is 1. The van der Waals surface area contributed by atoms with Crippen LogP contribution in [0.25, 0.3) is 33.6 Å². The van der Waals surface area contributed by atoms with E-state index in [0.29, 0.717) is 16.9 Å². The molecule has 1 aromatic heterocycles. The molecule has 0 saturated carbocycles. The first-order valence-corrected chi connectivity index (χ1v) is 9.15. The normalized spacial score (nSPS) is 10.8. The molecule has 0 radical (unpaired) electrons. The molecule has 3 aromatic carbocycles. The Kier molecular flexibility index (Phi) is 4.64. The van der Waals surface area contributed by atoms with E-state index in [1.165, 1.54) is 0 Å². The monoisotopic (exact) mass is 385 g/mol. The van der Waals surface area contributed by atoms with Crippen LogP contribution in [0.1, 0.15) is 21.6 Å². The Morgan fingerprint density at radius 2 is 1.45 bits per heavy atom. The molecule has 0 spiro atoms. The number of aryl methyl sites for hydroxylation is 2. The number of benzene rings is 3. The van der Waals surface area contributed by atoms with Crippen LogP contribution >= 0.6 is 0 Å². The van der Waals surface area contributed by atoms with Crippen molar-refractivity contribution in [2.24, 2.45) is 0 Å². The quantitative estimate of drug-likeness (QED) is 0.471. The van der Waals surface area contributed by atoms with Crippen molar-refractivity contribution in [3.63, 3.8) is 0 Å². The number of aromatic hydroxyl groups is 1. The lowest BCUT2D eigenvalue weighted by Crippen LogP contribution is -1.99. The van der Waals surface area contributed by atoms with Crippen molar-refractivity contribution in [1.29, 1.82) is 0 Å². The molecule has 0 bridgehead atoms. The van der Waals surface area contributed by atoms with Crippen LogP contribution in [0.2, 0.25) is 0 Å². The topological polar surface area (TPSA) is 83.6 Å². The summed E-state index contributed by atoms with van der Waals surface area (Å²) in [5.74, 6) is -0.450. The van der Waals surface area contributed by atoms with E-state index in [1.54, 1.807) is 0 Å². The van der Waals surface area contributed by atoms with Gasteiger partial charge in [0.25, 0.3) is 0 Å². The zero-order chi connectivity index (χ0) is 20.5. The summed E-state index contributed by atoms with van der Waals surface area (Å²) in [6.45, 7) is 3.71. The van der Waals surface area contributed by atoms with Crippen LogP contribution in [0.3, 0.4) is 0 Å². The lowest BCUT2D eigenvalue weighted by Gasteiger charge is -2.10. The summed E-state index contributed by atoms with van der Waals surface area (Å²) in [4.78, 5) is 11.8. The Morgan fingerprint density at radius 3 is 2.10 bits per heavy atom. The predicted octanol–water partition coefficient (Wildman–Crippen LogP) is 5.70. The van der Waals surface area contributed by atoms with Crippen LogP contribution in [-0.4, -0.2) is 21.3 Å². The van der Waals surface area contributed by atoms with Crippen molar-refractivity contribution in [1.82, 2.24) is 5.16 Å². The number of carbonyl (C=O) groups is 1. The molecule has 4 rings (SSSR count). The number of carboxylic acids is 1. The first kappa shape index (κ1) is 18.5. The minimum Gasteiger partial charge on any atom is -0.507 e. The lowest BCUT2D eigenvalue weighted by atomic mass is 9.94. The smallest absolute Gasteiger partial charge is 0.358 e. The second kappa shape index (κ2) is 7.28. The maximum Gasteiger partial charge on any atom is 0.358 e. The maximum atomic E-state index is 11.8. The zero-order valence-electron chi connectivity index (χ0n) is 16.0. The van der Waals surface area contributed by atoms with Crippen LogP contribution in [0.5, 0.6) is 5.75 Å². The molecule has 0 aliphatic heterocycles. The van der Waals surface area contributed by atoms with Crippen LogP contribution in [0.15, 0.2) is 71.3 Å². The average Bonchev–Trinajstić information content (AvgIpc) is 3.18. The number of phenols is 1. The van der Waals surface area contributed by atoms with Gasteiger partial charge in [-0.25, -0.2) is 4.79 Å². The van der Waals surface area contributed by atoms with E-state index < -0.39 is 5.97 Å². The highest BCUT2D eigenvalue weighted by Crippen LogP contribution is 2.37. The van der Waals surface area contributed by atoms with Crippen molar-refractivity contribution in [2.75, 3.05) is 0 Å². The van der Waals surface area contributed by atoms with E-state index in [4.69, 9.17) is 4.52 Å². The van der Waals surface area contributed by atoms with Crippen LogP contribution in [-0.2, 0) is 0 Å². The van der Waals surface area contributed by atoms with E-state index in [0.717, 1.165) is 27.8 Å². The molecule has 0 saturated heterocycles. The van der Waals surface area contributed by atoms with E-state index >= 15 is 0 Å². The van der Waals surface area contributed by atoms with Gasteiger partial charge in [-0.15, -0.1) is 0 Å². The number of aromatic carboxylic acids is 1. The molecule has 144 valence electrons. The van der Waals surface area contributed by atoms with E-state index in [-0.39, 0.29) is 11.4 Å². The first-order valence-electron chi connectivity index (χ1n) is 9.15. The molecule has 0 fully saturated rings.